The molecule has 6 N–H and O–H groups in total. The minimum atomic E-state index is -1.58. The van der Waals surface area contributed by atoms with Gasteiger partial charge in [0.1, 0.15) is 24.4 Å². The van der Waals surface area contributed by atoms with E-state index in [-0.39, 0.29) is 12.5 Å². The molecule has 1 saturated heterocycles. The highest BCUT2D eigenvalue weighted by atomic mass is 16.7. The van der Waals surface area contributed by atoms with Crippen LogP contribution in [0.25, 0.3) is 0 Å². The summed E-state index contributed by atoms with van der Waals surface area (Å²) in [6.45, 7) is 3.67. The molecule has 7 atom stereocenters. The highest BCUT2D eigenvalue weighted by Gasteiger charge is 2.44. The van der Waals surface area contributed by atoms with E-state index in [0.29, 0.717) is 6.42 Å². The standard InChI is InChI=1S/C69H123NO8/c1-3-5-7-9-11-13-15-17-19-21-23-25-27-29-30-31-32-33-34-35-37-39-41-43-45-47-49-51-53-55-57-59-65(73)70-62(61-77-69-68(76)67(75)66(74)64(60-71)78-69)63(72)58-56-54-52-50-48-46-44-42-40-38-36-28-26-24-22-20-18-16-14-12-10-8-6-4-2/h5,7,11,13,17,19,23,25,40,42,48,50,56,58,62-64,66-69,71-72,74-76H,3-4,6,8-10,12,14-16,18,20-22,24,26-39,41,43-47,49,51-55,57,59-61H2,1-2H3,(H,70,73)/b7-5-,13-11-,19-17-,25-23-,42-40+,50-48+,58-56+. The van der Waals surface area contributed by atoms with Crippen LogP contribution in [-0.2, 0) is 14.3 Å². The van der Waals surface area contributed by atoms with Gasteiger partial charge in [0.15, 0.2) is 6.29 Å². The lowest BCUT2D eigenvalue weighted by Gasteiger charge is -2.40. The Hall–Kier alpha value is -2.63. The van der Waals surface area contributed by atoms with Gasteiger partial charge in [-0.3, -0.25) is 4.79 Å². The lowest BCUT2D eigenvalue weighted by atomic mass is 9.99. The Morgan fingerprint density at radius 2 is 0.808 bits per heavy atom. The number of ether oxygens (including phenoxy) is 2. The molecule has 1 heterocycles. The van der Waals surface area contributed by atoms with Crippen molar-refractivity contribution in [3.05, 3.63) is 85.1 Å². The van der Waals surface area contributed by atoms with E-state index in [1.807, 2.05) is 6.08 Å². The average molecular weight is 1090 g/mol. The van der Waals surface area contributed by atoms with Crippen LogP contribution in [-0.4, -0.2) is 87.5 Å². The van der Waals surface area contributed by atoms with E-state index < -0.39 is 49.5 Å². The van der Waals surface area contributed by atoms with Gasteiger partial charge in [-0.05, 0) is 83.5 Å². The topological polar surface area (TPSA) is 149 Å². The van der Waals surface area contributed by atoms with Crippen molar-refractivity contribution in [2.45, 2.75) is 333 Å². The van der Waals surface area contributed by atoms with Gasteiger partial charge in [0.2, 0.25) is 5.91 Å². The van der Waals surface area contributed by atoms with Crippen LogP contribution in [0.3, 0.4) is 0 Å². The van der Waals surface area contributed by atoms with Gasteiger partial charge in [-0.25, -0.2) is 0 Å². The molecule has 0 aromatic rings. The Balaban J connectivity index is 2.18. The number of carbonyl (C=O) groups is 1. The molecule has 1 rings (SSSR count). The molecule has 1 aliphatic heterocycles. The van der Waals surface area contributed by atoms with Crippen LogP contribution in [0.5, 0.6) is 0 Å². The Kier molecular flexibility index (Phi) is 54.2. The van der Waals surface area contributed by atoms with E-state index in [4.69, 9.17) is 9.47 Å². The first-order valence-corrected chi connectivity index (χ1v) is 32.8. The summed E-state index contributed by atoms with van der Waals surface area (Å²) in [4.78, 5) is 13.1. The van der Waals surface area contributed by atoms with Crippen molar-refractivity contribution in [3.8, 4) is 0 Å². The minimum Gasteiger partial charge on any atom is -0.394 e. The molecular weight excluding hydrogens is 971 g/mol. The molecular formula is C69H123NO8. The zero-order valence-electron chi connectivity index (χ0n) is 50.4. The number of rotatable bonds is 56. The molecule has 78 heavy (non-hydrogen) atoms. The third kappa shape index (κ3) is 46.0. The Bertz CT molecular complexity index is 1500. The SMILES string of the molecule is CC/C=C\C/C=C\C/C=C\C/C=C\CCCCCCCCCCCCCCCCCCCCC(=O)NC(COC1OC(CO)C(O)C(O)C1O)C(O)/C=C/CC/C=C/CC/C=C/CCCCCCCCCCCCCCCC. The summed E-state index contributed by atoms with van der Waals surface area (Å²) in [7, 11) is 0. The second kappa shape index (κ2) is 57.6. The van der Waals surface area contributed by atoms with Gasteiger partial charge in [0.05, 0.1) is 25.4 Å². The number of aliphatic hydroxyl groups is 5. The van der Waals surface area contributed by atoms with Crippen molar-refractivity contribution in [1.82, 2.24) is 5.32 Å². The predicted octanol–water partition coefficient (Wildman–Crippen LogP) is 17.4. The molecule has 452 valence electrons. The van der Waals surface area contributed by atoms with Gasteiger partial charge in [0, 0.05) is 6.42 Å². The van der Waals surface area contributed by atoms with E-state index in [2.05, 4.69) is 92.1 Å². The molecule has 0 aliphatic carbocycles. The van der Waals surface area contributed by atoms with Crippen molar-refractivity contribution in [2.75, 3.05) is 13.2 Å². The van der Waals surface area contributed by atoms with E-state index >= 15 is 0 Å². The highest BCUT2D eigenvalue weighted by molar-refractivity contribution is 5.76. The summed E-state index contributed by atoms with van der Waals surface area (Å²) in [6.07, 6.45) is 75.3. The third-order valence-corrected chi connectivity index (χ3v) is 15.2. The van der Waals surface area contributed by atoms with Crippen molar-refractivity contribution in [3.63, 3.8) is 0 Å². The van der Waals surface area contributed by atoms with Crippen LogP contribution >= 0.6 is 0 Å². The normalized spacial score (nSPS) is 19.2. The molecule has 0 aromatic carbocycles. The summed E-state index contributed by atoms with van der Waals surface area (Å²) < 4.78 is 11.3. The molecule has 1 aliphatic rings. The Morgan fingerprint density at radius 1 is 0.449 bits per heavy atom. The Morgan fingerprint density at radius 3 is 1.23 bits per heavy atom. The number of hydrogen-bond acceptors (Lipinski definition) is 8. The monoisotopic (exact) mass is 1090 g/mol. The van der Waals surface area contributed by atoms with Crippen LogP contribution in [0, 0.1) is 0 Å². The Labute approximate surface area is 480 Å². The zero-order valence-corrected chi connectivity index (χ0v) is 50.4. The van der Waals surface area contributed by atoms with Crippen LogP contribution in [0.2, 0.25) is 0 Å². The predicted molar refractivity (Wildman–Crippen MR) is 332 cm³/mol. The zero-order chi connectivity index (χ0) is 56.5. The van der Waals surface area contributed by atoms with E-state index in [1.165, 1.54) is 199 Å². The third-order valence-electron chi connectivity index (χ3n) is 15.2. The van der Waals surface area contributed by atoms with Gasteiger partial charge in [-0.2, -0.15) is 0 Å². The highest BCUT2D eigenvalue weighted by Crippen LogP contribution is 2.23. The molecule has 9 heteroatoms. The molecule has 0 radical (unpaired) electrons. The fourth-order valence-corrected chi connectivity index (χ4v) is 10.1. The largest absolute Gasteiger partial charge is 0.394 e. The number of allylic oxidation sites excluding steroid dienone is 13. The fourth-order valence-electron chi connectivity index (χ4n) is 10.1. The maximum absolute atomic E-state index is 13.1. The lowest BCUT2D eigenvalue weighted by Crippen LogP contribution is -2.60. The number of aliphatic hydroxyl groups excluding tert-OH is 5. The number of carbonyl (C=O) groups excluding carboxylic acids is 1. The van der Waals surface area contributed by atoms with Crippen molar-refractivity contribution >= 4 is 5.91 Å². The van der Waals surface area contributed by atoms with Gasteiger partial charge in [0.25, 0.3) is 0 Å². The molecule has 9 nitrogen and oxygen atoms in total. The van der Waals surface area contributed by atoms with Crippen molar-refractivity contribution in [2.24, 2.45) is 0 Å². The van der Waals surface area contributed by atoms with Gasteiger partial charge < -0.3 is 40.3 Å². The first-order chi connectivity index (χ1) is 38.3. The van der Waals surface area contributed by atoms with Crippen LogP contribution < -0.4 is 5.32 Å². The van der Waals surface area contributed by atoms with Crippen LogP contribution in [0.1, 0.15) is 290 Å². The smallest absolute Gasteiger partial charge is 0.220 e. The van der Waals surface area contributed by atoms with Gasteiger partial charge >= 0.3 is 0 Å². The average Bonchev–Trinajstić information content (AvgIpc) is 3.45. The van der Waals surface area contributed by atoms with Crippen molar-refractivity contribution in [1.29, 1.82) is 0 Å². The first kappa shape index (κ1) is 73.4. The maximum Gasteiger partial charge on any atom is 0.220 e. The molecule has 1 amide bonds. The van der Waals surface area contributed by atoms with E-state index in [1.54, 1.807) is 6.08 Å². The van der Waals surface area contributed by atoms with Gasteiger partial charge in [-0.1, -0.05) is 285 Å². The number of hydrogen-bond donors (Lipinski definition) is 6. The summed E-state index contributed by atoms with van der Waals surface area (Å²) in [5, 5.41) is 54.6. The minimum absolute atomic E-state index is 0.189. The first-order valence-electron chi connectivity index (χ1n) is 32.8. The van der Waals surface area contributed by atoms with Gasteiger partial charge in [-0.15, -0.1) is 0 Å². The summed E-state index contributed by atoms with van der Waals surface area (Å²) in [5.74, 6) is -0.189. The molecule has 1 fully saturated rings. The van der Waals surface area contributed by atoms with Crippen LogP contribution in [0.15, 0.2) is 85.1 Å². The van der Waals surface area contributed by atoms with Crippen LogP contribution in [0.4, 0.5) is 0 Å². The molecule has 7 unspecified atom stereocenters. The fraction of sp³-hybridized carbons (Fsp3) is 0.783. The van der Waals surface area contributed by atoms with E-state index in [9.17, 15) is 30.3 Å². The maximum atomic E-state index is 13.1. The lowest BCUT2D eigenvalue weighted by molar-refractivity contribution is -0.302. The second-order valence-corrected chi connectivity index (χ2v) is 22.5. The summed E-state index contributed by atoms with van der Waals surface area (Å²) in [6, 6.07) is -0.832. The number of unbranched alkanes of at least 4 members (excludes halogenated alkanes) is 34. The molecule has 0 spiro atoms. The quantitative estimate of drug-likeness (QED) is 0.0261. The second-order valence-electron chi connectivity index (χ2n) is 22.5. The van der Waals surface area contributed by atoms with Crippen molar-refractivity contribution < 1.29 is 39.8 Å². The molecule has 0 aromatic heterocycles. The number of amides is 1. The van der Waals surface area contributed by atoms with E-state index in [0.717, 1.165) is 70.6 Å². The molecule has 0 saturated carbocycles. The summed E-state index contributed by atoms with van der Waals surface area (Å²) >= 11 is 0. The summed E-state index contributed by atoms with van der Waals surface area (Å²) in [5.41, 5.74) is 0. The number of nitrogens with one attached hydrogen (secondary N) is 1. The molecule has 0 bridgehead atoms.